The minimum absolute atomic E-state index is 0. The summed E-state index contributed by atoms with van der Waals surface area (Å²) in [5.74, 6) is 1.17. The molecule has 1 unspecified atom stereocenters. The number of nitrogens with one attached hydrogen (secondary N) is 2. The minimum atomic E-state index is 0. The van der Waals surface area contributed by atoms with E-state index in [0.29, 0.717) is 19.5 Å². The topological polar surface area (TPSA) is 77.0 Å². The molecule has 2 heterocycles. The van der Waals surface area contributed by atoms with Crippen molar-refractivity contribution in [3.63, 3.8) is 0 Å². The molecule has 3 rings (SSSR count). The van der Waals surface area contributed by atoms with Gasteiger partial charge in [0.05, 0.1) is 0 Å². The van der Waals surface area contributed by atoms with Crippen LogP contribution in [0.5, 0.6) is 0 Å². The third kappa shape index (κ3) is 6.33. The Labute approximate surface area is 196 Å². The molecule has 2 aliphatic heterocycles. The number of halogens is 1. The van der Waals surface area contributed by atoms with Crippen LogP contribution >= 0.6 is 24.0 Å². The van der Waals surface area contributed by atoms with Crippen molar-refractivity contribution in [3.8, 4) is 0 Å². The fraction of sp³-hybridized carbons (Fsp3) is 0.591. The van der Waals surface area contributed by atoms with Gasteiger partial charge in [-0.15, -0.1) is 24.0 Å². The van der Waals surface area contributed by atoms with Crippen LogP contribution in [0.2, 0.25) is 0 Å². The van der Waals surface area contributed by atoms with Crippen molar-refractivity contribution in [1.29, 1.82) is 0 Å². The summed E-state index contributed by atoms with van der Waals surface area (Å²) in [5, 5.41) is 6.69. The molecule has 0 aromatic heterocycles. The quantitative estimate of drug-likeness (QED) is 0.258. The highest BCUT2D eigenvalue weighted by atomic mass is 127. The molecule has 2 aliphatic rings. The number of guanidine groups is 1. The standard InChI is InChI=1S/C22H33N5O2.HI/c1-16(2)21(29)26-12-10-19(15-26)25-22(23-3)24-11-6-9-20(28)27-13-17-7-4-5-8-18(17)14-27;/h4-5,7-8,16,19H,6,9-15H2,1-3H3,(H2,23,24,25);1H. The van der Waals surface area contributed by atoms with Crippen molar-refractivity contribution in [3.05, 3.63) is 35.4 Å². The third-order valence-corrected chi connectivity index (χ3v) is 5.61. The minimum Gasteiger partial charge on any atom is -0.356 e. The summed E-state index contributed by atoms with van der Waals surface area (Å²) in [6.45, 7) is 7.51. The zero-order valence-corrected chi connectivity index (χ0v) is 20.5. The maximum Gasteiger partial charge on any atom is 0.225 e. The first kappa shape index (κ1) is 24.4. The van der Waals surface area contributed by atoms with Crippen molar-refractivity contribution in [1.82, 2.24) is 20.4 Å². The Morgan fingerprint density at radius 3 is 2.43 bits per heavy atom. The van der Waals surface area contributed by atoms with Crippen molar-refractivity contribution >= 4 is 41.8 Å². The molecule has 1 aromatic carbocycles. The van der Waals surface area contributed by atoms with E-state index in [0.717, 1.165) is 38.4 Å². The van der Waals surface area contributed by atoms with Crippen molar-refractivity contribution in [2.75, 3.05) is 26.7 Å². The summed E-state index contributed by atoms with van der Waals surface area (Å²) in [6.07, 6.45) is 2.21. The number of likely N-dealkylation sites (tertiary alicyclic amines) is 1. The van der Waals surface area contributed by atoms with Crippen LogP contribution < -0.4 is 10.6 Å². The van der Waals surface area contributed by atoms with Crippen LogP contribution in [-0.4, -0.2) is 60.3 Å². The Morgan fingerprint density at radius 2 is 1.83 bits per heavy atom. The van der Waals surface area contributed by atoms with Crippen molar-refractivity contribution in [2.45, 2.75) is 52.2 Å². The molecule has 2 N–H and O–H groups in total. The Kier molecular flexibility index (Phi) is 9.38. The Balaban J connectivity index is 0.00000320. The lowest BCUT2D eigenvalue weighted by Crippen LogP contribution is -2.45. The van der Waals surface area contributed by atoms with Gasteiger partial charge < -0.3 is 20.4 Å². The monoisotopic (exact) mass is 527 g/mol. The van der Waals surface area contributed by atoms with E-state index < -0.39 is 0 Å². The molecule has 1 fully saturated rings. The summed E-state index contributed by atoms with van der Waals surface area (Å²) < 4.78 is 0. The SMILES string of the molecule is CN=C(NCCCC(=O)N1Cc2ccccc2C1)NC1CCN(C(=O)C(C)C)C1.I. The molecular formula is C22H34IN5O2. The molecule has 0 aliphatic carbocycles. The Bertz CT molecular complexity index is 743. The number of rotatable bonds is 6. The lowest BCUT2D eigenvalue weighted by atomic mass is 10.1. The van der Waals surface area contributed by atoms with Crippen molar-refractivity contribution < 1.29 is 9.59 Å². The molecule has 1 saturated heterocycles. The second kappa shape index (κ2) is 11.5. The molecule has 7 nitrogen and oxygen atoms in total. The van der Waals surface area contributed by atoms with E-state index in [2.05, 4.69) is 27.8 Å². The third-order valence-electron chi connectivity index (χ3n) is 5.61. The first-order chi connectivity index (χ1) is 14.0. The summed E-state index contributed by atoms with van der Waals surface area (Å²) in [5.41, 5.74) is 2.51. The summed E-state index contributed by atoms with van der Waals surface area (Å²) in [7, 11) is 1.74. The van der Waals surface area contributed by atoms with Gasteiger partial charge in [-0.1, -0.05) is 38.1 Å². The normalized spacial score (nSPS) is 18.3. The molecule has 0 bridgehead atoms. The fourth-order valence-corrected chi connectivity index (χ4v) is 3.95. The van der Waals surface area contributed by atoms with E-state index in [9.17, 15) is 9.59 Å². The molecule has 166 valence electrons. The van der Waals surface area contributed by atoms with Gasteiger partial charge in [0.25, 0.3) is 0 Å². The van der Waals surface area contributed by atoms with Crippen LogP contribution in [0.15, 0.2) is 29.3 Å². The second-order valence-electron chi connectivity index (χ2n) is 8.19. The maximum absolute atomic E-state index is 12.5. The number of hydrogen-bond acceptors (Lipinski definition) is 3. The largest absolute Gasteiger partial charge is 0.356 e. The zero-order valence-electron chi connectivity index (χ0n) is 18.2. The number of aliphatic imine (C=N–C) groups is 1. The molecule has 0 radical (unpaired) electrons. The zero-order chi connectivity index (χ0) is 20.8. The molecule has 1 aromatic rings. The first-order valence-corrected chi connectivity index (χ1v) is 10.6. The van der Waals surface area contributed by atoms with Gasteiger partial charge in [0.2, 0.25) is 11.8 Å². The highest BCUT2D eigenvalue weighted by molar-refractivity contribution is 14.0. The predicted octanol–water partition coefficient (Wildman–Crippen LogP) is 2.35. The van der Waals surface area contributed by atoms with Crippen LogP contribution in [0, 0.1) is 5.92 Å². The number of hydrogen-bond donors (Lipinski definition) is 2. The van der Waals surface area contributed by atoms with Crippen LogP contribution in [-0.2, 0) is 22.7 Å². The van der Waals surface area contributed by atoms with Crippen LogP contribution in [0.3, 0.4) is 0 Å². The van der Waals surface area contributed by atoms with Gasteiger partial charge in [0.1, 0.15) is 0 Å². The number of carbonyl (C=O) groups excluding carboxylic acids is 2. The van der Waals surface area contributed by atoms with E-state index in [1.54, 1.807) is 7.05 Å². The van der Waals surface area contributed by atoms with Gasteiger partial charge in [-0.3, -0.25) is 14.6 Å². The Hall–Kier alpha value is -1.84. The molecule has 2 amide bonds. The number of nitrogens with zero attached hydrogens (tertiary/aromatic N) is 3. The Morgan fingerprint density at radius 1 is 1.17 bits per heavy atom. The van der Waals surface area contributed by atoms with Crippen LogP contribution in [0.25, 0.3) is 0 Å². The highest BCUT2D eigenvalue weighted by Crippen LogP contribution is 2.22. The molecule has 0 saturated carbocycles. The summed E-state index contributed by atoms with van der Waals surface area (Å²) >= 11 is 0. The number of benzene rings is 1. The van der Waals surface area contributed by atoms with Gasteiger partial charge in [-0.25, -0.2) is 0 Å². The maximum atomic E-state index is 12.5. The molecular weight excluding hydrogens is 493 g/mol. The fourth-order valence-electron chi connectivity index (χ4n) is 3.95. The molecule has 30 heavy (non-hydrogen) atoms. The molecule has 0 spiro atoms. The summed E-state index contributed by atoms with van der Waals surface area (Å²) in [4.78, 5) is 32.7. The second-order valence-corrected chi connectivity index (χ2v) is 8.19. The number of fused-ring (bicyclic) bond motifs is 1. The van der Waals surface area contributed by atoms with E-state index in [1.165, 1.54) is 11.1 Å². The lowest BCUT2D eigenvalue weighted by Gasteiger charge is -2.20. The first-order valence-electron chi connectivity index (χ1n) is 10.6. The van der Waals surface area contributed by atoms with Gasteiger partial charge >= 0.3 is 0 Å². The predicted molar refractivity (Wildman–Crippen MR) is 130 cm³/mol. The van der Waals surface area contributed by atoms with Gasteiger partial charge in [0, 0.05) is 58.2 Å². The summed E-state index contributed by atoms with van der Waals surface area (Å²) in [6, 6.07) is 8.46. The van der Waals surface area contributed by atoms with Crippen LogP contribution in [0.4, 0.5) is 0 Å². The van der Waals surface area contributed by atoms with Gasteiger partial charge in [-0.05, 0) is 24.0 Å². The average molecular weight is 527 g/mol. The van der Waals surface area contributed by atoms with E-state index in [1.807, 2.05) is 35.8 Å². The van der Waals surface area contributed by atoms with E-state index in [-0.39, 0.29) is 47.8 Å². The van der Waals surface area contributed by atoms with Gasteiger partial charge in [-0.2, -0.15) is 0 Å². The molecule has 1 atom stereocenters. The average Bonchev–Trinajstić information content (AvgIpc) is 3.36. The van der Waals surface area contributed by atoms with Crippen LogP contribution in [0.1, 0.15) is 44.2 Å². The number of amides is 2. The lowest BCUT2D eigenvalue weighted by molar-refractivity contribution is -0.133. The van der Waals surface area contributed by atoms with E-state index in [4.69, 9.17) is 0 Å². The van der Waals surface area contributed by atoms with E-state index >= 15 is 0 Å². The highest BCUT2D eigenvalue weighted by Gasteiger charge is 2.28. The van der Waals surface area contributed by atoms with Gasteiger partial charge in [0.15, 0.2) is 5.96 Å². The molecule has 8 heteroatoms. The van der Waals surface area contributed by atoms with Crippen molar-refractivity contribution in [2.24, 2.45) is 10.9 Å². The smallest absolute Gasteiger partial charge is 0.225 e. The number of carbonyl (C=O) groups is 2.